The summed E-state index contributed by atoms with van der Waals surface area (Å²) in [5.74, 6) is 1.30. The topological polar surface area (TPSA) is 104 Å². The Morgan fingerprint density at radius 3 is 2.53 bits per heavy atom. The van der Waals surface area contributed by atoms with Gasteiger partial charge in [-0.15, -0.1) is 0 Å². The van der Waals surface area contributed by atoms with Crippen molar-refractivity contribution >= 4 is 10.9 Å². The van der Waals surface area contributed by atoms with E-state index in [1.165, 1.54) is 6.07 Å². The number of ether oxygens (including phenoxy) is 1. The summed E-state index contributed by atoms with van der Waals surface area (Å²) in [5, 5.41) is 11.5. The molecule has 2 aromatic carbocycles. The molecule has 0 bridgehead atoms. The Balaban J connectivity index is 1.80. The molecule has 0 saturated heterocycles. The van der Waals surface area contributed by atoms with Gasteiger partial charge < -0.3 is 24.2 Å². The second-order valence-corrected chi connectivity index (χ2v) is 7.61. The smallest absolute Gasteiger partial charge is 0.227 e. The fourth-order valence-corrected chi connectivity index (χ4v) is 3.97. The van der Waals surface area contributed by atoms with Crippen LogP contribution in [-0.4, -0.2) is 27.2 Å². The van der Waals surface area contributed by atoms with Crippen molar-refractivity contribution in [3.63, 3.8) is 0 Å². The molecule has 0 spiro atoms. The lowest BCUT2D eigenvalue weighted by atomic mass is 10.1. The number of rotatable bonds is 4. The molecule has 0 saturated carbocycles. The highest BCUT2D eigenvalue weighted by molar-refractivity contribution is 5.97. The van der Waals surface area contributed by atoms with Crippen molar-refractivity contribution in [3.8, 4) is 45.6 Å². The number of imidazole rings is 1. The highest BCUT2D eigenvalue weighted by atomic mass is 16.5. The minimum atomic E-state index is -0.510. The molecule has 0 atom stereocenters. The average Bonchev–Trinajstić information content (AvgIpc) is 3.36. The van der Waals surface area contributed by atoms with Crippen molar-refractivity contribution in [1.82, 2.24) is 15.0 Å². The first-order valence-electron chi connectivity index (χ1n) is 10.1. The molecular weight excluding hydrogens is 406 g/mol. The Labute approximate surface area is 183 Å². The lowest BCUT2D eigenvalue weighted by molar-refractivity contribution is 0.415. The molecule has 0 aliphatic carbocycles. The number of benzene rings is 2. The molecule has 0 aliphatic rings. The van der Waals surface area contributed by atoms with Crippen LogP contribution in [0.15, 0.2) is 63.8 Å². The third-order valence-corrected chi connectivity index (χ3v) is 5.47. The molecule has 3 heterocycles. The number of hydrogen-bond acceptors (Lipinski definition) is 5. The third-order valence-electron chi connectivity index (χ3n) is 5.47. The molecule has 3 aromatic heterocycles. The lowest BCUT2D eigenvalue weighted by Gasteiger charge is -2.06. The van der Waals surface area contributed by atoms with E-state index in [0.29, 0.717) is 28.7 Å². The molecule has 5 rings (SSSR count). The summed E-state index contributed by atoms with van der Waals surface area (Å²) >= 11 is 0. The van der Waals surface area contributed by atoms with Gasteiger partial charge in [0.2, 0.25) is 11.2 Å². The number of nitrogens with one attached hydrogen (secondary N) is 2. The predicted molar refractivity (Wildman–Crippen MR) is 123 cm³/mol. The highest BCUT2D eigenvalue weighted by Gasteiger charge is 2.23. The molecule has 0 fully saturated rings. The van der Waals surface area contributed by atoms with E-state index in [-0.39, 0.29) is 5.76 Å². The van der Waals surface area contributed by atoms with Crippen molar-refractivity contribution in [3.05, 3.63) is 76.3 Å². The van der Waals surface area contributed by atoms with Crippen LogP contribution in [0.25, 0.3) is 45.0 Å². The largest absolute Gasteiger partial charge is 0.501 e. The first kappa shape index (κ1) is 19.7. The Morgan fingerprint density at radius 2 is 1.78 bits per heavy atom. The van der Waals surface area contributed by atoms with E-state index < -0.39 is 11.2 Å². The van der Waals surface area contributed by atoms with Crippen molar-refractivity contribution in [2.75, 3.05) is 7.11 Å². The van der Waals surface area contributed by atoms with Crippen LogP contribution in [0.1, 0.15) is 11.5 Å². The van der Waals surface area contributed by atoms with Crippen LogP contribution < -0.4 is 10.2 Å². The predicted octanol–water partition coefficient (Wildman–Crippen LogP) is 5.18. The Kier molecular flexibility index (Phi) is 4.59. The van der Waals surface area contributed by atoms with Gasteiger partial charge in [-0.05, 0) is 44.2 Å². The van der Waals surface area contributed by atoms with Crippen LogP contribution in [0.2, 0.25) is 0 Å². The van der Waals surface area contributed by atoms with Crippen LogP contribution >= 0.6 is 0 Å². The number of nitrogens with zero attached hydrogens (tertiary/aromatic N) is 1. The molecule has 3 N–H and O–H groups in total. The minimum Gasteiger partial charge on any atom is -0.501 e. The van der Waals surface area contributed by atoms with Gasteiger partial charge in [0, 0.05) is 33.8 Å². The van der Waals surface area contributed by atoms with Crippen molar-refractivity contribution in [1.29, 1.82) is 0 Å². The lowest BCUT2D eigenvalue weighted by Crippen LogP contribution is -2.01. The van der Waals surface area contributed by atoms with Gasteiger partial charge in [-0.25, -0.2) is 4.98 Å². The van der Waals surface area contributed by atoms with Crippen LogP contribution in [0.3, 0.4) is 0 Å². The van der Waals surface area contributed by atoms with E-state index in [1.54, 1.807) is 14.0 Å². The molecule has 0 aliphatic heterocycles. The zero-order valence-electron chi connectivity index (χ0n) is 17.8. The Hall–Kier alpha value is -4.26. The summed E-state index contributed by atoms with van der Waals surface area (Å²) in [5.41, 5.74) is 4.10. The summed E-state index contributed by atoms with van der Waals surface area (Å²) in [6.07, 6.45) is 0. The minimum absolute atomic E-state index is 0.0528. The maximum atomic E-state index is 12.3. The fraction of sp³-hybridized carbons (Fsp3) is 0.120. The fourth-order valence-electron chi connectivity index (χ4n) is 3.97. The summed E-state index contributed by atoms with van der Waals surface area (Å²) in [6.45, 7) is 3.65. The summed E-state index contributed by atoms with van der Waals surface area (Å²) in [4.78, 5) is 23.8. The van der Waals surface area contributed by atoms with Crippen molar-refractivity contribution in [2.45, 2.75) is 13.8 Å². The van der Waals surface area contributed by atoms with Crippen LogP contribution in [0, 0.1) is 13.8 Å². The van der Waals surface area contributed by atoms with E-state index in [1.807, 2.05) is 55.5 Å². The summed E-state index contributed by atoms with van der Waals surface area (Å²) in [7, 11) is 1.60. The number of aryl methyl sites for hydroxylation is 2. The quantitative estimate of drug-likeness (QED) is 0.367. The Bertz CT molecular complexity index is 1510. The Morgan fingerprint density at radius 1 is 1.03 bits per heavy atom. The van der Waals surface area contributed by atoms with Gasteiger partial charge in [0.25, 0.3) is 0 Å². The van der Waals surface area contributed by atoms with Gasteiger partial charge in [0.1, 0.15) is 28.7 Å². The number of aromatic hydroxyl groups is 1. The summed E-state index contributed by atoms with van der Waals surface area (Å²) < 4.78 is 11.0. The SMILES string of the molecule is COc1ccc(-c2nc(-c3c(C)[nH]c4ccccc34)[nH]c2-c2oc(C)cc(=O)c2O)cc1. The molecule has 32 heavy (non-hydrogen) atoms. The maximum absolute atomic E-state index is 12.3. The van der Waals surface area contributed by atoms with Gasteiger partial charge >= 0.3 is 0 Å². The van der Waals surface area contributed by atoms with E-state index >= 15 is 0 Å². The monoisotopic (exact) mass is 427 g/mol. The number of fused-ring (bicyclic) bond motifs is 1. The molecule has 5 aromatic rings. The first-order valence-corrected chi connectivity index (χ1v) is 10.1. The third kappa shape index (κ3) is 3.15. The highest BCUT2D eigenvalue weighted by Crippen LogP contribution is 2.39. The standard InChI is InChI=1S/C25H21N3O4/c1-13-12-19(29)23(30)24(32-13)22-21(15-8-10-16(31-3)11-9-15)27-25(28-22)20-14(2)26-18-7-5-4-6-17(18)20/h4-12,26,30H,1-3H3,(H,27,28). The van der Waals surface area contributed by atoms with Gasteiger partial charge in [0.05, 0.1) is 7.11 Å². The van der Waals surface area contributed by atoms with E-state index in [4.69, 9.17) is 14.1 Å². The molecule has 0 radical (unpaired) electrons. The van der Waals surface area contributed by atoms with E-state index in [2.05, 4.69) is 9.97 Å². The zero-order chi connectivity index (χ0) is 22.4. The van der Waals surface area contributed by atoms with Crippen LogP contribution in [0.4, 0.5) is 0 Å². The number of aromatic amines is 2. The van der Waals surface area contributed by atoms with Gasteiger partial charge in [-0.3, -0.25) is 4.79 Å². The van der Waals surface area contributed by atoms with Gasteiger partial charge in [0.15, 0.2) is 5.76 Å². The van der Waals surface area contributed by atoms with Gasteiger partial charge in [-0.2, -0.15) is 0 Å². The summed E-state index contributed by atoms with van der Waals surface area (Å²) in [6, 6.07) is 16.6. The molecule has 160 valence electrons. The van der Waals surface area contributed by atoms with E-state index in [0.717, 1.165) is 27.7 Å². The number of methoxy groups -OCH3 is 1. The maximum Gasteiger partial charge on any atom is 0.227 e. The van der Waals surface area contributed by atoms with Crippen molar-refractivity contribution in [2.24, 2.45) is 0 Å². The van der Waals surface area contributed by atoms with Gasteiger partial charge in [-0.1, -0.05) is 18.2 Å². The number of aromatic nitrogens is 3. The normalized spacial score (nSPS) is 11.2. The van der Waals surface area contributed by atoms with Crippen molar-refractivity contribution < 1.29 is 14.3 Å². The molecular formula is C25H21N3O4. The van der Waals surface area contributed by atoms with Crippen LogP contribution in [0.5, 0.6) is 11.5 Å². The van der Waals surface area contributed by atoms with Crippen LogP contribution in [-0.2, 0) is 0 Å². The number of hydrogen-bond donors (Lipinski definition) is 3. The molecule has 7 nitrogen and oxygen atoms in total. The average molecular weight is 427 g/mol. The second-order valence-electron chi connectivity index (χ2n) is 7.61. The first-order chi connectivity index (χ1) is 15.5. The zero-order valence-corrected chi connectivity index (χ0v) is 17.8. The number of para-hydroxylation sites is 1. The van der Waals surface area contributed by atoms with E-state index in [9.17, 15) is 9.90 Å². The molecule has 0 unspecified atom stereocenters. The second kappa shape index (κ2) is 7.46. The number of H-pyrrole nitrogens is 2. The molecule has 0 amide bonds. The molecule has 7 heteroatoms.